The van der Waals surface area contributed by atoms with Gasteiger partial charge in [0.15, 0.2) is 0 Å². The number of aromatic amines is 1. The predicted molar refractivity (Wildman–Crippen MR) is 90.3 cm³/mol. The van der Waals surface area contributed by atoms with Crippen LogP contribution < -0.4 is 5.32 Å². The highest BCUT2D eigenvalue weighted by Crippen LogP contribution is 2.32. The summed E-state index contributed by atoms with van der Waals surface area (Å²) in [4.78, 5) is 12.7. The van der Waals surface area contributed by atoms with Crippen LogP contribution >= 0.6 is 0 Å². The second-order valence-electron chi connectivity index (χ2n) is 6.06. The van der Waals surface area contributed by atoms with Gasteiger partial charge in [-0.3, -0.25) is 9.89 Å². The van der Waals surface area contributed by atoms with Crippen LogP contribution in [0, 0.1) is 5.82 Å². The molecule has 3 aromatic rings. The summed E-state index contributed by atoms with van der Waals surface area (Å²) in [5.41, 5.74) is 2.75. The summed E-state index contributed by atoms with van der Waals surface area (Å²) in [5.74, 6) is -0.847. The number of aliphatic hydroxyl groups excluding tert-OH is 1. The zero-order valence-electron chi connectivity index (χ0n) is 13.2. The number of H-pyrrole nitrogens is 1. The number of rotatable bonds is 3. The highest BCUT2D eigenvalue weighted by molar-refractivity contribution is 6.00. The van der Waals surface area contributed by atoms with Crippen LogP contribution in [-0.4, -0.2) is 27.3 Å². The molecule has 3 N–H and O–H groups in total. The molecule has 1 heterocycles. The number of aromatic nitrogens is 2. The number of nitrogens with one attached hydrogen (secondary N) is 2. The van der Waals surface area contributed by atoms with Gasteiger partial charge in [0, 0.05) is 12.0 Å². The quantitative estimate of drug-likeness (QED) is 0.687. The van der Waals surface area contributed by atoms with Crippen molar-refractivity contribution in [2.45, 2.75) is 18.6 Å². The minimum atomic E-state index is -0.690. The number of hydrogen-bond donors (Lipinski definition) is 3. The van der Waals surface area contributed by atoms with Crippen molar-refractivity contribution < 1.29 is 14.3 Å². The molecule has 1 aliphatic rings. The zero-order valence-corrected chi connectivity index (χ0v) is 13.2. The molecule has 4 rings (SSSR count). The maximum absolute atomic E-state index is 14.0. The molecule has 1 amide bonds. The number of carbonyl (C=O) groups excluding carboxylic acids is 1. The third kappa shape index (κ3) is 2.70. The molecule has 25 heavy (non-hydrogen) atoms. The van der Waals surface area contributed by atoms with Crippen molar-refractivity contribution in [1.82, 2.24) is 15.5 Å². The Kier molecular flexibility index (Phi) is 3.82. The molecular weight excluding hydrogens is 321 g/mol. The molecule has 126 valence electrons. The van der Waals surface area contributed by atoms with Crippen LogP contribution in [0.2, 0.25) is 0 Å². The van der Waals surface area contributed by atoms with Crippen LogP contribution in [0.25, 0.3) is 11.3 Å². The van der Waals surface area contributed by atoms with Gasteiger partial charge in [-0.2, -0.15) is 5.10 Å². The average Bonchev–Trinajstić information content (AvgIpc) is 3.21. The van der Waals surface area contributed by atoms with Crippen LogP contribution in [-0.2, 0) is 6.42 Å². The minimum Gasteiger partial charge on any atom is -0.390 e. The molecule has 0 aliphatic heterocycles. The molecule has 5 nitrogen and oxygen atoms in total. The molecule has 0 fully saturated rings. The summed E-state index contributed by atoms with van der Waals surface area (Å²) in [6.45, 7) is 0. The van der Waals surface area contributed by atoms with E-state index in [-0.39, 0.29) is 11.1 Å². The van der Waals surface area contributed by atoms with Gasteiger partial charge in [-0.1, -0.05) is 36.4 Å². The summed E-state index contributed by atoms with van der Waals surface area (Å²) in [7, 11) is 0. The van der Waals surface area contributed by atoms with Gasteiger partial charge in [-0.25, -0.2) is 4.39 Å². The van der Waals surface area contributed by atoms with Gasteiger partial charge in [0.05, 0.1) is 29.6 Å². The first kappa shape index (κ1) is 15.5. The monoisotopic (exact) mass is 337 g/mol. The normalized spacial score (nSPS) is 18.8. The number of fused-ring (bicyclic) bond motifs is 1. The predicted octanol–water partition coefficient (Wildman–Crippen LogP) is 2.60. The molecule has 2 atom stereocenters. The number of carbonyl (C=O) groups is 1. The molecule has 1 aliphatic carbocycles. The number of benzene rings is 2. The Bertz CT molecular complexity index is 938. The van der Waals surface area contributed by atoms with Crippen molar-refractivity contribution in [3.05, 3.63) is 77.2 Å². The average molecular weight is 337 g/mol. The minimum absolute atomic E-state index is 0.238. The highest BCUT2D eigenvalue weighted by Gasteiger charge is 2.32. The summed E-state index contributed by atoms with van der Waals surface area (Å²) in [6.07, 6.45) is 1.17. The summed E-state index contributed by atoms with van der Waals surface area (Å²) in [5, 5.41) is 19.7. The maximum atomic E-state index is 14.0. The second-order valence-corrected chi connectivity index (χ2v) is 6.06. The Hall–Kier alpha value is -2.99. The summed E-state index contributed by atoms with van der Waals surface area (Å²) >= 11 is 0. The fraction of sp³-hybridized carbons (Fsp3) is 0.158. The molecule has 1 aromatic heterocycles. The number of aliphatic hydroxyl groups is 1. The Balaban J connectivity index is 1.64. The van der Waals surface area contributed by atoms with E-state index < -0.39 is 23.9 Å². The standard InChI is InChI=1S/C19H16FN3O2/c20-15-8-4-3-7-13(15)17-14(10-21-23-17)19(25)22-18-12-6-2-1-5-11(12)9-16(18)24/h1-8,10,16,18,24H,9H2,(H,21,23)(H,22,25)/t16-,18+/m1/s1. The maximum Gasteiger partial charge on any atom is 0.255 e. The number of nitrogens with zero attached hydrogens (tertiary/aromatic N) is 1. The van der Waals surface area contributed by atoms with E-state index in [0.717, 1.165) is 11.1 Å². The molecule has 6 heteroatoms. The van der Waals surface area contributed by atoms with E-state index in [9.17, 15) is 14.3 Å². The third-order valence-corrected chi connectivity index (χ3v) is 4.52. The SMILES string of the molecule is O=C(N[C@H]1c2ccccc2C[C@H]1O)c1cn[nH]c1-c1ccccc1F. The third-order valence-electron chi connectivity index (χ3n) is 4.52. The smallest absolute Gasteiger partial charge is 0.255 e. The van der Waals surface area contributed by atoms with Gasteiger partial charge >= 0.3 is 0 Å². The van der Waals surface area contributed by atoms with E-state index in [2.05, 4.69) is 15.5 Å². The second kappa shape index (κ2) is 6.14. The fourth-order valence-electron chi connectivity index (χ4n) is 3.29. The van der Waals surface area contributed by atoms with Crippen LogP contribution in [0.4, 0.5) is 4.39 Å². The Morgan fingerprint density at radius 2 is 1.96 bits per heavy atom. The molecule has 0 spiro atoms. The van der Waals surface area contributed by atoms with Gasteiger partial charge in [-0.05, 0) is 23.3 Å². The van der Waals surface area contributed by atoms with Crippen molar-refractivity contribution in [3.8, 4) is 11.3 Å². The van der Waals surface area contributed by atoms with Crippen molar-refractivity contribution in [3.63, 3.8) is 0 Å². The van der Waals surface area contributed by atoms with Crippen molar-refractivity contribution in [2.75, 3.05) is 0 Å². The van der Waals surface area contributed by atoms with E-state index in [1.807, 2.05) is 24.3 Å². The van der Waals surface area contributed by atoms with Gasteiger partial charge < -0.3 is 10.4 Å². The van der Waals surface area contributed by atoms with E-state index >= 15 is 0 Å². The number of amides is 1. The molecular formula is C19H16FN3O2. The lowest BCUT2D eigenvalue weighted by Gasteiger charge is -2.18. The van der Waals surface area contributed by atoms with Gasteiger partial charge in [0.25, 0.3) is 5.91 Å². The number of halogens is 1. The van der Waals surface area contributed by atoms with Gasteiger partial charge in [0.2, 0.25) is 0 Å². The Morgan fingerprint density at radius 1 is 1.20 bits per heavy atom. The molecule has 0 bridgehead atoms. The zero-order chi connectivity index (χ0) is 17.4. The van der Waals surface area contributed by atoms with Gasteiger partial charge in [-0.15, -0.1) is 0 Å². The lowest BCUT2D eigenvalue weighted by Crippen LogP contribution is -2.34. The van der Waals surface area contributed by atoms with Crippen LogP contribution in [0.5, 0.6) is 0 Å². The molecule has 2 aromatic carbocycles. The van der Waals surface area contributed by atoms with E-state index in [1.165, 1.54) is 12.3 Å². The Labute approximate surface area is 143 Å². The molecule has 0 saturated heterocycles. The van der Waals surface area contributed by atoms with Crippen molar-refractivity contribution in [2.24, 2.45) is 0 Å². The topological polar surface area (TPSA) is 78.0 Å². The van der Waals surface area contributed by atoms with Crippen LogP contribution in [0.1, 0.15) is 27.5 Å². The lowest BCUT2D eigenvalue weighted by molar-refractivity contribution is 0.0859. The molecule has 0 unspecified atom stereocenters. The molecule has 0 radical (unpaired) electrons. The van der Waals surface area contributed by atoms with Crippen molar-refractivity contribution in [1.29, 1.82) is 0 Å². The summed E-state index contributed by atoms with van der Waals surface area (Å²) in [6, 6.07) is 13.3. The largest absolute Gasteiger partial charge is 0.390 e. The van der Waals surface area contributed by atoms with Crippen LogP contribution in [0.15, 0.2) is 54.7 Å². The van der Waals surface area contributed by atoms with Crippen LogP contribution in [0.3, 0.4) is 0 Å². The first-order valence-corrected chi connectivity index (χ1v) is 8.00. The Morgan fingerprint density at radius 3 is 2.80 bits per heavy atom. The van der Waals surface area contributed by atoms with E-state index in [0.29, 0.717) is 12.1 Å². The number of hydrogen-bond acceptors (Lipinski definition) is 3. The fourth-order valence-corrected chi connectivity index (χ4v) is 3.29. The van der Waals surface area contributed by atoms with Gasteiger partial charge in [0.1, 0.15) is 5.82 Å². The highest BCUT2D eigenvalue weighted by atomic mass is 19.1. The van der Waals surface area contributed by atoms with E-state index in [4.69, 9.17) is 0 Å². The summed E-state index contributed by atoms with van der Waals surface area (Å²) < 4.78 is 14.0. The van der Waals surface area contributed by atoms with E-state index in [1.54, 1.807) is 18.2 Å². The van der Waals surface area contributed by atoms with Crippen molar-refractivity contribution >= 4 is 5.91 Å². The first-order chi connectivity index (χ1) is 12.1. The molecule has 0 saturated carbocycles. The lowest BCUT2D eigenvalue weighted by atomic mass is 10.0. The first-order valence-electron chi connectivity index (χ1n) is 8.00.